The van der Waals surface area contributed by atoms with E-state index in [4.69, 9.17) is 22.6 Å². The molecule has 2 aliphatic heterocycles. The van der Waals surface area contributed by atoms with Gasteiger partial charge in [0, 0.05) is 55.3 Å². The first-order chi connectivity index (χ1) is 64.3. The lowest BCUT2D eigenvalue weighted by molar-refractivity contribution is -0.149. The van der Waals surface area contributed by atoms with Crippen LogP contribution in [0.3, 0.4) is 0 Å². The molecule has 0 spiro atoms. The third-order valence-electron chi connectivity index (χ3n) is 22.3. The van der Waals surface area contributed by atoms with E-state index in [1.807, 2.05) is 0 Å². The number of H-pyrrole nitrogens is 1. The number of carbonyl (C=O) groups is 21. The number of aromatic amines is 1. The number of benzene rings is 1. The largest absolute Gasteiger partial charge is 0.481 e. The maximum Gasteiger partial charge on any atom is 0.326 e. The van der Waals surface area contributed by atoms with Crippen molar-refractivity contribution >= 4 is 166 Å². The molecule has 2 saturated heterocycles. The van der Waals surface area contributed by atoms with Gasteiger partial charge in [-0.25, -0.2) is 4.79 Å². The Morgan fingerprint density at radius 3 is 1.31 bits per heavy atom. The van der Waals surface area contributed by atoms with Crippen LogP contribution >= 0.6 is 24.4 Å². The third kappa shape index (κ3) is 39.3. The second-order valence-electron chi connectivity index (χ2n) is 36.0. The number of aliphatic carboxylic acids is 4. The molecule has 764 valence electrons. The molecule has 2 aliphatic rings. The van der Waals surface area contributed by atoms with E-state index in [1.54, 1.807) is 99.8 Å². The number of aliphatic hydroxyl groups is 1. The van der Waals surface area contributed by atoms with E-state index in [-0.39, 0.29) is 101 Å². The van der Waals surface area contributed by atoms with Gasteiger partial charge in [-0.15, -0.1) is 0 Å². The van der Waals surface area contributed by atoms with Crippen molar-refractivity contribution in [3.8, 4) is 0 Å². The van der Waals surface area contributed by atoms with Crippen LogP contribution in [-0.2, 0) is 107 Å². The summed E-state index contributed by atoms with van der Waals surface area (Å²) in [5, 5.41) is 95.4. The summed E-state index contributed by atoms with van der Waals surface area (Å²) >= 11 is 5.49. The molecule has 3 heterocycles. The molecule has 137 heavy (non-hydrogen) atoms. The van der Waals surface area contributed by atoms with Crippen LogP contribution < -0.4 is 97.0 Å². The van der Waals surface area contributed by atoms with Gasteiger partial charge in [-0.05, 0) is 137 Å². The number of aromatic nitrogens is 1. The number of fused-ring (bicyclic) bond motifs is 1. The zero-order valence-corrected chi connectivity index (χ0v) is 80.9. The zero-order valence-electron chi connectivity index (χ0n) is 79.1. The number of aliphatic hydroxyl groups excluding tert-OH is 1. The predicted octanol–water partition coefficient (Wildman–Crippen LogP) is -4.62. The zero-order chi connectivity index (χ0) is 103. The minimum atomic E-state index is -2.08. The summed E-state index contributed by atoms with van der Waals surface area (Å²) in [5.74, 6) is -26.4. The second-order valence-corrected chi connectivity index (χ2v) is 37.4. The number of carboxylic acid groups (broad SMARTS) is 4. The number of thioether (sulfide) groups is 1. The summed E-state index contributed by atoms with van der Waals surface area (Å²) < 4.78 is 0. The molecule has 0 radical (unpaired) electrons. The van der Waals surface area contributed by atoms with E-state index >= 15 is 4.79 Å². The van der Waals surface area contributed by atoms with Gasteiger partial charge < -0.3 is 137 Å². The van der Waals surface area contributed by atoms with Gasteiger partial charge in [0.2, 0.25) is 100 Å². The maximum absolute atomic E-state index is 15.0. The number of primary amides is 1. The molecule has 1 aromatic heterocycles. The minimum absolute atomic E-state index is 0.0215. The van der Waals surface area contributed by atoms with Crippen LogP contribution in [0.5, 0.6) is 0 Å². The van der Waals surface area contributed by atoms with Crippen molar-refractivity contribution in [3.63, 3.8) is 0 Å². The summed E-state index contributed by atoms with van der Waals surface area (Å²) in [7, 11) is 0. The van der Waals surface area contributed by atoms with Crippen LogP contribution in [0.25, 0.3) is 10.9 Å². The summed E-state index contributed by atoms with van der Waals surface area (Å²) in [6, 6.07) is -20.3. The minimum Gasteiger partial charge on any atom is -0.481 e. The Balaban J connectivity index is 1.58. The van der Waals surface area contributed by atoms with E-state index in [0.717, 1.165) is 6.92 Å². The molecule has 0 saturated carbocycles. The lowest BCUT2D eigenvalue weighted by Gasteiger charge is -2.30. The van der Waals surface area contributed by atoms with Gasteiger partial charge in [-0.1, -0.05) is 87.4 Å². The van der Waals surface area contributed by atoms with Gasteiger partial charge in [-0.2, -0.15) is 24.4 Å². The highest BCUT2D eigenvalue weighted by Crippen LogP contribution is 2.25. The molecule has 4 rings (SSSR count). The van der Waals surface area contributed by atoms with Gasteiger partial charge in [0.25, 0.3) is 0 Å². The summed E-state index contributed by atoms with van der Waals surface area (Å²) in [5.41, 5.74) is 18.1. The molecular weight excluding hydrogens is 1830 g/mol. The van der Waals surface area contributed by atoms with Crippen molar-refractivity contribution in [3.05, 3.63) is 36.0 Å². The number of amides is 17. The molecule has 50 heteroatoms. The average molecular weight is 1970 g/mol. The molecule has 0 bridgehead atoms. The van der Waals surface area contributed by atoms with Crippen LogP contribution in [0.15, 0.2) is 30.5 Å². The highest BCUT2D eigenvalue weighted by molar-refractivity contribution is 7.98. The molecule has 0 unspecified atom stereocenters. The fraction of sp³-hybridized carbons (Fsp3) is 0.655. The first kappa shape index (κ1) is 117. The highest BCUT2D eigenvalue weighted by atomic mass is 32.2. The van der Waals surface area contributed by atoms with Crippen molar-refractivity contribution in [2.45, 2.75) is 288 Å². The highest BCUT2D eigenvalue weighted by Gasteiger charge is 2.44. The Hall–Kier alpha value is -12.5. The fourth-order valence-corrected chi connectivity index (χ4v) is 15.9. The number of nitrogens with one attached hydrogen (secondary N) is 17. The second kappa shape index (κ2) is 57.5. The van der Waals surface area contributed by atoms with E-state index in [2.05, 4.69) is 97.4 Å². The Labute approximate surface area is 802 Å². The predicted molar refractivity (Wildman–Crippen MR) is 501 cm³/mol. The van der Waals surface area contributed by atoms with Gasteiger partial charge >= 0.3 is 23.9 Å². The van der Waals surface area contributed by atoms with Crippen LogP contribution in [0.4, 0.5) is 0 Å². The summed E-state index contributed by atoms with van der Waals surface area (Å²) in [6.07, 6.45) is -1.56. The van der Waals surface area contributed by atoms with E-state index in [1.165, 1.54) is 27.8 Å². The lowest BCUT2D eigenvalue weighted by Crippen LogP contribution is -2.62. The Morgan fingerprint density at radius 2 is 0.847 bits per heavy atom. The molecule has 0 aliphatic carbocycles. The number of hydrogen-bond donors (Lipinski definition) is 26. The summed E-state index contributed by atoms with van der Waals surface area (Å²) in [6.45, 7) is 17.0. The van der Waals surface area contributed by atoms with Crippen molar-refractivity contribution in [1.82, 2.24) is 94.5 Å². The van der Waals surface area contributed by atoms with Crippen molar-refractivity contribution < 1.29 is 126 Å². The topological polar surface area (TPSA) is 764 Å². The number of likely N-dealkylation sites (tertiary alicyclic amines) is 2. The molecule has 17 atom stereocenters. The number of thiol groups is 1. The normalized spacial score (nSPS) is 16.9. The SMILES string of the molecule is CSCC[C@H](NC(=O)[C@H](CC(N)=O)NC(=O)[C@H](C)NC(=O)[C@H](CCC(=O)O)NC(=O)[C@H](CC(C)C)NC(=O)[C@H](CC(=O)O)NC(=O)[C@H](CC(C)C)NC(=O)[C@@H](Cc1c[nH]c2ccccc12)NC(=O)[C@@H](CO)NC(=O)[C@@H](CC(C)C)NC(=O)[C@@H](CC(=O)O)NC(=O)[C@@H](CCCNC(=N)N)NC(=O)[C@@H]1CCCN1C(=O)[C@H](N)C(C)C)C(=O)N[C@@H](CS)C(=O)N[C@@H](CC(C)C)C(=O)N1CCC[C@H]1C(=O)O. The average Bonchev–Trinajstić information content (AvgIpc) is 1.70. The number of para-hydroxylation sites is 1. The summed E-state index contributed by atoms with van der Waals surface area (Å²) in [4.78, 5) is 295. The number of guanidine groups is 1. The number of hydrogen-bond acceptors (Lipinski definition) is 26. The van der Waals surface area contributed by atoms with Crippen molar-refractivity contribution in [2.75, 3.05) is 44.0 Å². The molecule has 2 aromatic rings. The molecule has 48 nitrogen and oxygen atoms in total. The van der Waals surface area contributed by atoms with Crippen LogP contribution in [0.2, 0.25) is 0 Å². The van der Waals surface area contributed by atoms with Crippen LogP contribution in [0.1, 0.15) is 184 Å². The van der Waals surface area contributed by atoms with Gasteiger partial charge in [0.05, 0.1) is 31.9 Å². The number of nitrogens with two attached hydrogens (primary N) is 3. The van der Waals surface area contributed by atoms with Crippen molar-refractivity contribution in [1.29, 1.82) is 5.41 Å². The van der Waals surface area contributed by atoms with E-state index in [9.17, 15) is 121 Å². The third-order valence-corrected chi connectivity index (χ3v) is 23.3. The Bertz CT molecular complexity index is 4590. The van der Waals surface area contributed by atoms with Gasteiger partial charge in [-0.3, -0.25) is 101 Å². The first-order valence-electron chi connectivity index (χ1n) is 45.4. The number of carboxylic acids is 4. The fourth-order valence-electron chi connectivity index (χ4n) is 15.1. The van der Waals surface area contributed by atoms with Crippen LogP contribution in [0, 0.1) is 35.0 Å². The van der Waals surface area contributed by atoms with E-state index < -0.39 is 296 Å². The number of rotatable bonds is 60. The number of nitrogens with zero attached hydrogens (tertiary/aromatic N) is 2. The van der Waals surface area contributed by atoms with Crippen LogP contribution in [-0.4, -0.2) is 317 Å². The lowest BCUT2D eigenvalue weighted by atomic mass is 9.99. The molecule has 1 aromatic carbocycles. The van der Waals surface area contributed by atoms with E-state index in [0.29, 0.717) is 29.3 Å². The molecule has 2 fully saturated rings. The molecule has 17 amide bonds. The Kier molecular flexibility index (Phi) is 49.1. The smallest absolute Gasteiger partial charge is 0.326 e. The van der Waals surface area contributed by atoms with Gasteiger partial charge in [0.1, 0.15) is 96.7 Å². The Morgan fingerprint density at radius 1 is 0.460 bits per heavy atom. The standard InChI is InChI=1S/C87H138N22O26S2/c1-41(2)30-53(74(122)95-51(23-24-66(112)113)71(119)94-46(11)70(118)98-57(35-65(88)111)78(126)96-52(25-29-137-12)73(121)107-62(40-136)82(130)105-60(33-44(7)8)84(132)109-28-17-22-64(109)86(134)135)100-80(128)59(37-68(116)117)104-75(123)54(31-42(3)4)99-77(125)56(34-47-38-93-49-19-14-13-18-48(47)49)102-81(129)61(39-110)106-76(124)55(32-43(5)6)101-79(127)58(36-67(114)115)103-72(120)50(20-15-26-92-87(90)91)97-83(131)63-21-16-27-108(63)85(133)69(89)45(9)10/h13-14,18-19,38,41-46,50-64,69,93,110,136H,15-17,20-37,39-40,89H2,1-12H3,(H2,88,111)(H,94,119)(H,95,122)(H,96,126)(H,97,131)(H,98,118)(H,99,125)(H,100,128)(H,101,127)(H,102,129)(H,103,120)(H,104,123)(H,105,130)(H,106,124)(H,107,121)(H,112,113)(H,114,115)(H,116,117)(H,134,135)(H4,90,91,92)/t46-,50+,51-,52-,53-,54-,55+,56+,57-,58+,59-,60-,61+,62-,63-,64-,69+/m0/s1. The van der Waals surface area contributed by atoms with Crippen molar-refractivity contribution in [2.24, 2.45) is 46.8 Å². The van der Waals surface area contributed by atoms with Gasteiger partial charge in [0.15, 0.2) is 5.96 Å². The quantitative estimate of drug-likeness (QED) is 0.0128. The molecular formula is C87H138N22O26S2. The monoisotopic (exact) mass is 1970 g/mol. The molecule has 28 N–H and O–H groups in total. The number of carbonyl (C=O) groups excluding carboxylic acids is 17. The maximum atomic E-state index is 15.0. The first-order valence-corrected chi connectivity index (χ1v) is 47.5.